The van der Waals surface area contributed by atoms with Crippen molar-refractivity contribution in [3.05, 3.63) is 6.33 Å². The van der Waals surface area contributed by atoms with E-state index in [0.717, 1.165) is 12.3 Å². The molecule has 0 aliphatic heterocycles. The topological polar surface area (TPSA) is 92.2 Å². The fraction of sp³-hybridized carbons (Fsp3) is 0.750. The molecular weight excluding hydrogens is 308 g/mol. The number of urea groups is 1. The summed E-state index contributed by atoms with van der Waals surface area (Å²) < 4.78 is 1.42. The molecule has 0 aromatic carbocycles. The summed E-state index contributed by atoms with van der Waals surface area (Å²) in [5.41, 5.74) is 0. The van der Waals surface area contributed by atoms with Crippen molar-refractivity contribution < 1.29 is 9.59 Å². The summed E-state index contributed by atoms with van der Waals surface area (Å²) in [7, 11) is 3.37. The Labute approximate surface area is 142 Å². The van der Waals surface area contributed by atoms with E-state index in [4.69, 9.17) is 0 Å². The summed E-state index contributed by atoms with van der Waals surface area (Å²) in [4.78, 5) is 29.2. The Balaban J connectivity index is 1.43. The zero-order valence-electron chi connectivity index (χ0n) is 14.4. The van der Waals surface area contributed by atoms with Gasteiger partial charge in [-0.1, -0.05) is 32.1 Å². The molecule has 3 amide bonds. The number of aromatic nitrogens is 3. The first-order valence-electron chi connectivity index (χ1n) is 8.70. The molecule has 24 heavy (non-hydrogen) atoms. The number of nitrogens with one attached hydrogen (secondary N) is 2. The summed E-state index contributed by atoms with van der Waals surface area (Å²) in [6, 6.07) is 0.0144. The number of hydrogen-bond acceptors (Lipinski definition) is 4. The van der Waals surface area contributed by atoms with Crippen molar-refractivity contribution in [3.63, 3.8) is 0 Å². The number of hydrogen-bond donors (Lipinski definition) is 2. The van der Waals surface area contributed by atoms with Crippen molar-refractivity contribution in [1.29, 1.82) is 0 Å². The van der Waals surface area contributed by atoms with Crippen LogP contribution in [-0.2, 0) is 11.3 Å². The van der Waals surface area contributed by atoms with Crippen molar-refractivity contribution in [2.45, 2.75) is 51.1 Å². The minimum Gasteiger partial charge on any atom is -0.347 e. The second-order valence-corrected chi connectivity index (χ2v) is 7.06. The van der Waals surface area contributed by atoms with Gasteiger partial charge in [0.05, 0.1) is 0 Å². The van der Waals surface area contributed by atoms with Gasteiger partial charge in [0.25, 0.3) is 0 Å². The maximum Gasteiger partial charge on any atom is 0.321 e. The fourth-order valence-electron chi connectivity index (χ4n) is 3.48. The molecule has 132 valence electrons. The first-order chi connectivity index (χ1) is 11.5. The predicted molar refractivity (Wildman–Crippen MR) is 89.3 cm³/mol. The number of likely N-dealkylation sites (N-methyl/N-ethyl adjacent to an activating group) is 1. The van der Waals surface area contributed by atoms with Crippen molar-refractivity contribution >= 4 is 17.9 Å². The molecule has 2 aliphatic carbocycles. The Morgan fingerprint density at radius 3 is 2.75 bits per heavy atom. The number of amides is 3. The molecule has 0 radical (unpaired) electrons. The highest BCUT2D eigenvalue weighted by atomic mass is 16.2. The molecular formula is C16H26N6O2. The van der Waals surface area contributed by atoms with Crippen molar-refractivity contribution in [1.82, 2.24) is 25.0 Å². The molecule has 0 spiro atoms. The molecule has 3 rings (SSSR count). The molecule has 0 saturated heterocycles. The van der Waals surface area contributed by atoms with Crippen LogP contribution in [0.5, 0.6) is 0 Å². The molecule has 2 aliphatic rings. The minimum absolute atomic E-state index is 0.0794. The van der Waals surface area contributed by atoms with Crippen LogP contribution in [0.2, 0.25) is 0 Å². The summed E-state index contributed by atoms with van der Waals surface area (Å²) >= 11 is 0. The van der Waals surface area contributed by atoms with Crippen LogP contribution in [0.25, 0.3) is 0 Å². The fourth-order valence-corrected chi connectivity index (χ4v) is 3.48. The molecule has 2 N–H and O–H groups in total. The highest BCUT2D eigenvalue weighted by molar-refractivity contribution is 5.87. The lowest BCUT2D eigenvalue weighted by atomic mass is 9.85. The van der Waals surface area contributed by atoms with Crippen LogP contribution in [0.1, 0.15) is 38.5 Å². The largest absolute Gasteiger partial charge is 0.347 e. The molecule has 2 fully saturated rings. The Kier molecular flexibility index (Phi) is 5.01. The average molecular weight is 334 g/mol. The monoisotopic (exact) mass is 334 g/mol. The third kappa shape index (κ3) is 4.24. The summed E-state index contributed by atoms with van der Waals surface area (Å²) in [5, 5.41) is 9.74. The first-order valence-corrected chi connectivity index (χ1v) is 8.70. The van der Waals surface area contributed by atoms with E-state index in [2.05, 4.69) is 20.7 Å². The highest BCUT2D eigenvalue weighted by Gasteiger charge is 2.43. The van der Waals surface area contributed by atoms with Crippen LogP contribution >= 0.6 is 0 Å². The summed E-state index contributed by atoms with van der Waals surface area (Å²) in [5.74, 6) is 1.55. The number of anilines is 1. The Bertz CT molecular complexity index is 593. The van der Waals surface area contributed by atoms with Crippen LogP contribution in [-0.4, -0.2) is 51.7 Å². The molecule has 8 nitrogen and oxygen atoms in total. The van der Waals surface area contributed by atoms with Crippen LogP contribution in [0, 0.1) is 11.8 Å². The third-order valence-electron chi connectivity index (χ3n) is 4.97. The van der Waals surface area contributed by atoms with Crippen molar-refractivity contribution in [2.24, 2.45) is 11.8 Å². The lowest BCUT2D eigenvalue weighted by Gasteiger charge is -2.21. The lowest BCUT2D eigenvalue weighted by Crippen LogP contribution is -2.33. The third-order valence-corrected chi connectivity index (χ3v) is 4.97. The molecule has 1 aromatic rings. The van der Waals surface area contributed by atoms with E-state index in [1.807, 2.05) is 0 Å². The molecule has 2 atom stereocenters. The maximum atomic E-state index is 12.0. The zero-order valence-corrected chi connectivity index (χ0v) is 14.4. The van der Waals surface area contributed by atoms with Gasteiger partial charge >= 0.3 is 6.03 Å². The number of carbonyl (C=O) groups excluding carboxylic acids is 2. The Morgan fingerprint density at radius 1 is 1.29 bits per heavy atom. The second kappa shape index (κ2) is 7.19. The molecule has 2 saturated carbocycles. The Morgan fingerprint density at radius 2 is 2.04 bits per heavy atom. The second-order valence-electron chi connectivity index (χ2n) is 7.06. The van der Waals surface area contributed by atoms with Gasteiger partial charge in [0.15, 0.2) is 0 Å². The van der Waals surface area contributed by atoms with Gasteiger partial charge in [-0.05, 0) is 18.3 Å². The zero-order chi connectivity index (χ0) is 17.1. The van der Waals surface area contributed by atoms with Gasteiger partial charge in [0.1, 0.15) is 12.9 Å². The van der Waals surface area contributed by atoms with E-state index in [9.17, 15) is 9.59 Å². The van der Waals surface area contributed by atoms with Gasteiger partial charge in [-0.3, -0.25) is 10.1 Å². The van der Waals surface area contributed by atoms with E-state index in [0.29, 0.717) is 5.92 Å². The number of rotatable bonds is 5. The van der Waals surface area contributed by atoms with E-state index >= 15 is 0 Å². The normalized spacial score (nSPS) is 23.6. The van der Waals surface area contributed by atoms with Gasteiger partial charge in [-0.2, -0.15) is 0 Å². The number of nitrogens with zero attached hydrogens (tertiary/aromatic N) is 4. The summed E-state index contributed by atoms with van der Waals surface area (Å²) in [6.07, 6.45) is 9.13. The van der Waals surface area contributed by atoms with Gasteiger partial charge in [-0.25, -0.2) is 14.5 Å². The highest BCUT2D eigenvalue weighted by Crippen LogP contribution is 2.44. The molecule has 0 unspecified atom stereocenters. The summed E-state index contributed by atoms with van der Waals surface area (Å²) in [6.45, 7) is 0.107. The van der Waals surface area contributed by atoms with Crippen LogP contribution in [0.3, 0.4) is 0 Å². The SMILES string of the molecule is CN(C)C(=O)Cn1cnc(NC(=O)N[C@@H]2C[C@H]2C2CCCCC2)n1. The molecule has 1 heterocycles. The van der Waals surface area contributed by atoms with Gasteiger partial charge in [-0.15, -0.1) is 5.10 Å². The van der Waals surface area contributed by atoms with E-state index in [1.165, 1.54) is 48.0 Å². The lowest BCUT2D eigenvalue weighted by molar-refractivity contribution is -0.129. The standard InChI is InChI=1S/C16H26N6O2/c1-21(2)14(23)9-22-10-17-15(20-22)19-16(24)18-13-8-12(13)11-6-4-3-5-7-11/h10-13H,3-9H2,1-2H3,(H2,18,19,20,24)/t12-,13+/m0/s1. The molecule has 8 heteroatoms. The van der Waals surface area contributed by atoms with Crippen molar-refractivity contribution in [3.8, 4) is 0 Å². The van der Waals surface area contributed by atoms with E-state index in [1.54, 1.807) is 14.1 Å². The predicted octanol–water partition coefficient (Wildman–Crippen LogP) is 1.46. The van der Waals surface area contributed by atoms with E-state index < -0.39 is 0 Å². The molecule has 1 aromatic heterocycles. The maximum absolute atomic E-state index is 12.0. The van der Waals surface area contributed by atoms with Crippen LogP contribution < -0.4 is 10.6 Å². The smallest absolute Gasteiger partial charge is 0.321 e. The Hall–Kier alpha value is -2.12. The van der Waals surface area contributed by atoms with E-state index in [-0.39, 0.29) is 30.5 Å². The van der Waals surface area contributed by atoms with Crippen LogP contribution in [0.4, 0.5) is 10.7 Å². The quantitative estimate of drug-likeness (QED) is 0.852. The number of carbonyl (C=O) groups is 2. The van der Waals surface area contributed by atoms with Crippen molar-refractivity contribution in [2.75, 3.05) is 19.4 Å². The minimum atomic E-state index is -0.269. The van der Waals surface area contributed by atoms with Gasteiger partial charge < -0.3 is 10.2 Å². The van der Waals surface area contributed by atoms with Crippen LogP contribution in [0.15, 0.2) is 6.33 Å². The van der Waals surface area contributed by atoms with Gasteiger partial charge in [0, 0.05) is 20.1 Å². The van der Waals surface area contributed by atoms with Gasteiger partial charge in [0.2, 0.25) is 11.9 Å². The average Bonchev–Trinajstić information content (AvgIpc) is 3.18. The molecule has 0 bridgehead atoms. The first kappa shape index (κ1) is 16.7.